The molecule has 0 aliphatic carbocycles. The highest BCUT2D eigenvalue weighted by atomic mass is 32.1. The minimum Gasteiger partial charge on any atom is -0.444 e. The number of aromatic nitrogens is 1. The molecule has 23 heavy (non-hydrogen) atoms. The minimum atomic E-state index is -4.36. The number of nitrogens with zero attached hydrogens (tertiary/aromatic N) is 2. The lowest BCUT2D eigenvalue weighted by molar-refractivity contribution is -0.134. The van der Waals surface area contributed by atoms with Crippen molar-refractivity contribution < 1.29 is 22.7 Å². The van der Waals surface area contributed by atoms with Crippen molar-refractivity contribution in [3.05, 3.63) is 11.1 Å². The third-order valence-corrected chi connectivity index (χ3v) is 4.23. The van der Waals surface area contributed by atoms with E-state index in [9.17, 15) is 18.0 Å². The van der Waals surface area contributed by atoms with E-state index in [1.165, 1.54) is 0 Å². The van der Waals surface area contributed by atoms with Gasteiger partial charge in [0.05, 0.1) is 6.20 Å². The van der Waals surface area contributed by atoms with Crippen molar-refractivity contribution in [1.29, 1.82) is 0 Å². The first-order valence-electron chi connectivity index (χ1n) is 7.32. The van der Waals surface area contributed by atoms with Gasteiger partial charge >= 0.3 is 12.3 Å². The Bertz CT molecular complexity index is 546. The first-order chi connectivity index (χ1) is 10.5. The molecule has 1 saturated heterocycles. The van der Waals surface area contributed by atoms with Gasteiger partial charge in [-0.05, 0) is 33.6 Å². The number of ether oxygens (including phenoxy) is 1. The standard InChI is InChI=1S/C14H20F3N3O2S/c1-13(2,3)22-12(21)20-6-4-9(5-7-20)19-11-18-8-10(23-11)14(15,16)17/h8-9H,4-7H2,1-3H3,(H,18,19). The summed E-state index contributed by atoms with van der Waals surface area (Å²) in [5, 5.41) is 3.27. The summed E-state index contributed by atoms with van der Waals surface area (Å²) in [5.74, 6) is 0. The molecule has 9 heteroatoms. The molecule has 2 rings (SSSR count). The fourth-order valence-corrected chi connectivity index (χ4v) is 2.94. The van der Waals surface area contributed by atoms with Crippen molar-refractivity contribution >= 4 is 22.6 Å². The Morgan fingerprint density at radius 3 is 2.43 bits per heavy atom. The third-order valence-electron chi connectivity index (χ3n) is 3.26. The van der Waals surface area contributed by atoms with Crippen molar-refractivity contribution in [2.24, 2.45) is 0 Å². The van der Waals surface area contributed by atoms with Gasteiger partial charge in [-0.2, -0.15) is 13.2 Å². The summed E-state index contributed by atoms with van der Waals surface area (Å²) in [6.07, 6.45) is -2.61. The quantitative estimate of drug-likeness (QED) is 0.876. The number of thiazole rings is 1. The summed E-state index contributed by atoms with van der Waals surface area (Å²) in [7, 11) is 0. The maximum atomic E-state index is 12.5. The lowest BCUT2D eigenvalue weighted by Gasteiger charge is -2.33. The molecule has 0 bridgehead atoms. The molecule has 1 N–H and O–H groups in total. The van der Waals surface area contributed by atoms with E-state index in [1.54, 1.807) is 25.7 Å². The Balaban J connectivity index is 1.83. The van der Waals surface area contributed by atoms with E-state index in [4.69, 9.17) is 4.74 Å². The zero-order chi connectivity index (χ0) is 17.3. The average Bonchev–Trinajstić information content (AvgIpc) is 2.86. The van der Waals surface area contributed by atoms with Gasteiger partial charge in [-0.15, -0.1) is 0 Å². The fourth-order valence-electron chi connectivity index (χ4n) is 2.18. The van der Waals surface area contributed by atoms with Crippen molar-refractivity contribution in [3.63, 3.8) is 0 Å². The Morgan fingerprint density at radius 2 is 1.96 bits per heavy atom. The Hall–Kier alpha value is -1.51. The number of nitrogens with one attached hydrogen (secondary N) is 1. The topological polar surface area (TPSA) is 54.5 Å². The average molecular weight is 351 g/mol. The summed E-state index contributed by atoms with van der Waals surface area (Å²) in [5.41, 5.74) is -0.541. The number of carbonyl (C=O) groups is 1. The van der Waals surface area contributed by atoms with Gasteiger partial charge in [0.15, 0.2) is 5.13 Å². The maximum absolute atomic E-state index is 12.5. The van der Waals surface area contributed by atoms with Crippen molar-refractivity contribution in [3.8, 4) is 0 Å². The molecule has 1 aliphatic rings. The number of anilines is 1. The highest BCUT2D eigenvalue weighted by Crippen LogP contribution is 2.35. The Kier molecular flexibility index (Phi) is 5.07. The molecule has 0 saturated carbocycles. The molecule has 1 aromatic heterocycles. The third kappa shape index (κ3) is 5.26. The van der Waals surface area contributed by atoms with Crippen LogP contribution < -0.4 is 5.32 Å². The molecule has 2 heterocycles. The smallest absolute Gasteiger partial charge is 0.427 e. The monoisotopic (exact) mass is 351 g/mol. The van der Waals surface area contributed by atoms with Gasteiger partial charge in [0.1, 0.15) is 10.5 Å². The van der Waals surface area contributed by atoms with E-state index >= 15 is 0 Å². The first-order valence-corrected chi connectivity index (χ1v) is 8.14. The Morgan fingerprint density at radius 1 is 1.35 bits per heavy atom. The van der Waals surface area contributed by atoms with E-state index in [1.807, 2.05) is 0 Å². The van der Waals surface area contributed by atoms with Gasteiger partial charge < -0.3 is 15.0 Å². The molecule has 1 fully saturated rings. The lowest BCUT2D eigenvalue weighted by atomic mass is 10.1. The largest absolute Gasteiger partial charge is 0.444 e. The first kappa shape index (κ1) is 17.8. The van der Waals surface area contributed by atoms with Crippen molar-refractivity contribution in [2.45, 2.75) is 51.4 Å². The minimum absolute atomic E-state index is 0.000852. The van der Waals surface area contributed by atoms with Crippen LogP contribution in [0.1, 0.15) is 38.5 Å². The fraction of sp³-hybridized carbons (Fsp3) is 0.714. The number of alkyl halides is 3. The molecule has 1 aliphatic heterocycles. The van der Waals surface area contributed by atoms with Gasteiger partial charge in [-0.25, -0.2) is 9.78 Å². The SMILES string of the molecule is CC(C)(C)OC(=O)N1CCC(Nc2ncc(C(F)(F)F)s2)CC1. The second-order valence-corrected chi connectivity index (χ2v) is 7.44. The summed E-state index contributed by atoms with van der Waals surface area (Å²) in [6, 6.07) is 0.000852. The molecular formula is C14H20F3N3O2S. The van der Waals surface area contributed by atoms with Crippen LogP contribution >= 0.6 is 11.3 Å². The van der Waals surface area contributed by atoms with E-state index in [0.717, 1.165) is 6.20 Å². The summed E-state index contributed by atoms with van der Waals surface area (Å²) >= 11 is 0.596. The maximum Gasteiger partial charge on any atom is 0.427 e. The van der Waals surface area contributed by atoms with E-state index in [2.05, 4.69) is 10.3 Å². The Labute approximate surface area is 136 Å². The summed E-state index contributed by atoms with van der Waals surface area (Å²) < 4.78 is 42.9. The van der Waals surface area contributed by atoms with Crippen molar-refractivity contribution in [2.75, 3.05) is 18.4 Å². The molecule has 130 valence electrons. The molecule has 5 nitrogen and oxygen atoms in total. The summed E-state index contributed by atoms with van der Waals surface area (Å²) in [6.45, 7) is 6.42. The van der Waals surface area contributed by atoms with Crippen LogP contribution in [-0.4, -0.2) is 40.7 Å². The van der Waals surface area contributed by atoms with Crippen LogP contribution in [0.5, 0.6) is 0 Å². The van der Waals surface area contributed by atoms with E-state index in [0.29, 0.717) is 37.3 Å². The molecular weight excluding hydrogens is 331 g/mol. The molecule has 0 unspecified atom stereocenters. The number of likely N-dealkylation sites (tertiary alicyclic amines) is 1. The number of hydrogen-bond donors (Lipinski definition) is 1. The predicted octanol–water partition coefficient (Wildman–Crippen LogP) is 3.97. The highest BCUT2D eigenvalue weighted by Gasteiger charge is 2.34. The number of amides is 1. The van der Waals surface area contributed by atoms with Crippen LogP contribution in [0.3, 0.4) is 0 Å². The second-order valence-electron chi connectivity index (χ2n) is 6.41. The molecule has 0 atom stereocenters. The second kappa shape index (κ2) is 6.54. The van der Waals surface area contributed by atoms with Gasteiger partial charge in [-0.1, -0.05) is 11.3 Å². The zero-order valence-corrected chi connectivity index (χ0v) is 14.1. The zero-order valence-electron chi connectivity index (χ0n) is 13.2. The summed E-state index contributed by atoms with van der Waals surface area (Å²) in [4.78, 5) is 16.6. The van der Waals surface area contributed by atoms with Crippen LogP contribution in [0.15, 0.2) is 6.20 Å². The molecule has 0 aromatic carbocycles. The number of carbonyl (C=O) groups excluding carboxylic acids is 1. The number of piperidine rings is 1. The van der Waals surface area contributed by atoms with Gasteiger partial charge in [0.2, 0.25) is 0 Å². The number of halogens is 3. The van der Waals surface area contributed by atoms with E-state index in [-0.39, 0.29) is 17.3 Å². The lowest BCUT2D eigenvalue weighted by Crippen LogP contribution is -2.44. The normalized spacial score (nSPS) is 17.2. The number of hydrogen-bond acceptors (Lipinski definition) is 5. The van der Waals surface area contributed by atoms with Crippen LogP contribution in [0.25, 0.3) is 0 Å². The van der Waals surface area contributed by atoms with Crippen LogP contribution in [0, 0.1) is 0 Å². The van der Waals surface area contributed by atoms with Gasteiger partial charge in [0.25, 0.3) is 0 Å². The van der Waals surface area contributed by atoms with Gasteiger partial charge in [-0.3, -0.25) is 0 Å². The highest BCUT2D eigenvalue weighted by molar-refractivity contribution is 7.15. The van der Waals surface area contributed by atoms with Crippen LogP contribution in [0.4, 0.5) is 23.1 Å². The van der Waals surface area contributed by atoms with Crippen LogP contribution in [0.2, 0.25) is 0 Å². The molecule has 0 spiro atoms. The molecule has 1 amide bonds. The van der Waals surface area contributed by atoms with E-state index < -0.39 is 16.7 Å². The van der Waals surface area contributed by atoms with Crippen LogP contribution in [-0.2, 0) is 10.9 Å². The molecule has 1 aromatic rings. The predicted molar refractivity (Wildman–Crippen MR) is 81.6 cm³/mol. The molecule has 0 radical (unpaired) electrons. The van der Waals surface area contributed by atoms with Crippen molar-refractivity contribution in [1.82, 2.24) is 9.88 Å². The van der Waals surface area contributed by atoms with Gasteiger partial charge in [0, 0.05) is 19.1 Å². The number of rotatable bonds is 2.